The van der Waals surface area contributed by atoms with Crippen LogP contribution in [-0.2, 0) is 11.3 Å². The molecule has 0 unspecified atom stereocenters. The summed E-state index contributed by atoms with van der Waals surface area (Å²) in [5, 5.41) is 11.5. The molecule has 1 fully saturated rings. The fourth-order valence-electron chi connectivity index (χ4n) is 1.90. The molecule has 0 aliphatic carbocycles. The Morgan fingerprint density at radius 2 is 2.25 bits per heavy atom. The Labute approximate surface area is 94.0 Å². The van der Waals surface area contributed by atoms with Gasteiger partial charge in [0.1, 0.15) is 0 Å². The highest BCUT2D eigenvalue weighted by Crippen LogP contribution is 2.20. The van der Waals surface area contributed by atoms with Crippen molar-refractivity contribution in [1.82, 2.24) is 10.8 Å². The molecule has 1 aromatic rings. The van der Waals surface area contributed by atoms with Gasteiger partial charge in [-0.1, -0.05) is 18.2 Å². The van der Waals surface area contributed by atoms with E-state index in [0.29, 0.717) is 19.6 Å². The summed E-state index contributed by atoms with van der Waals surface area (Å²) in [5.41, 5.74) is 4.13. The first-order chi connectivity index (χ1) is 7.81. The van der Waals surface area contributed by atoms with Crippen LogP contribution < -0.4 is 15.7 Å². The second-order valence-corrected chi connectivity index (χ2v) is 3.74. The monoisotopic (exact) mass is 221 g/mol. The van der Waals surface area contributed by atoms with Crippen molar-refractivity contribution in [2.24, 2.45) is 0 Å². The molecule has 2 rings (SSSR count). The fourth-order valence-corrected chi connectivity index (χ4v) is 1.90. The molecular formula is C11H15N3O2. The Morgan fingerprint density at radius 1 is 1.44 bits per heavy atom. The van der Waals surface area contributed by atoms with E-state index >= 15 is 0 Å². The molecule has 0 atom stereocenters. The molecule has 16 heavy (non-hydrogen) atoms. The second-order valence-electron chi connectivity index (χ2n) is 3.74. The summed E-state index contributed by atoms with van der Waals surface area (Å²) in [6.07, 6.45) is 0. The SMILES string of the molecule is O=C1CN(c2ccccc2CNO)CCN1. The number of nitrogens with zero attached hydrogens (tertiary/aromatic N) is 1. The lowest BCUT2D eigenvalue weighted by Crippen LogP contribution is -2.48. The number of para-hydroxylation sites is 1. The van der Waals surface area contributed by atoms with Gasteiger partial charge in [0, 0.05) is 25.3 Å². The summed E-state index contributed by atoms with van der Waals surface area (Å²) >= 11 is 0. The normalized spacial score (nSPS) is 16.1. The lowest BCUT2D eigenvalue weighted by Gasteiger charge is -2.30. The third-order valence-electron chi connectivity index (χ3n) is 2.64. The maximum Gasteiger partial charge on any atom is 0.239 e. The van der Waals surface area contributed by atoms with E-state index in [1.807, 2.05) is 29.2 Å². The van der Waals surface area contributed by atoms with Crippen LogP contribution in [0.25, 0.3) is 0 Å². The number of hydroxylamine groups is 1. The van der Waals surface area contributed by atoms with Crippen molar-refractivity contribution in [3.8, 4) is 0 Å². The van der Waals surface area contributed by atoms with E-state index in [9.17, 15) is 4.79 Å². The minimum Gasteiger partial charge on any atom is -0.360 e. The zero-order valence-electron chi connectivity index (χ0n) is 8.94. The molecule has 1 heterocycles. The first-order valence-electron chi connectivity index (χ1n) is 5.28. The molecule has 1 amide bonds. The molecule has 1 aliphatic rings. The van der Waals surface area contributed by atoms with Crippen molar-refractivity contribution in [3.63, 3.8) is 0 Å². The van der Waals surface area contributed by atoms with Crippen LogP contribution in [-0.4, -0.2) is 30.7 Å². The Bertz CT molecular complexity index is 381. The smallest absolute Gasteiger partial charge is 0.239 e. The second kappa shape index (κ2) is 4.96. The summed E-state index contributed by atoms with van der Waals surface area (Å²) < 4.78 is 0. The van der Waals surface area contributed by atoms with Gasteiger partial charge in [-0.2, -0.15) is 0 Å². The average molecular weight is 221 g/mol. The number of benzene rings is 1. The molecular weight excluding hydrogens is 206 g/mol. The average Bonchev–Trinajstić information content (AvgIpc) is 2.30. The molecule has 1 aromatic carbocycles. The van der Waals surface area contributed by atoms with Crippen molar-refractivity contribution >= 4 is 11.6 Å². The summed E-state index contributed by atoms with van der Waals surface area (Å²) in [6, 6.07) is 7.75. The van der Waals surface area contributed by atoms with Gasteiger partial charge in [-0.25, -0.2) is 5.48 Å². The van der Waals surface area contributed by atoms with Crippen LogP contribution in [0.4, 0.5) is 5.69 Å². The number of hydrogen-bond acceptors (Lipinski definition) is 4. The number of carbonyl (C=O) groups is 1. The molecule has 3 N–H and O–H groups in total. The van der Waals surface area contributed by atoms with E-state index in [2.05, 4.69) is 10.8 Å². The minimum atomic E-state index is 0.0398. The standard InChI is InChI=1S/C11H15N3O2/c15-11-8-14(6-5-12-11)10-4-2-1-3-9(10)7-13-16/h1-4,13,16H,5-8H2,(H,12,15). The van der Waals surface area contributed by atoms with Gasteiger partial charge in [0.05, 0.1) is 6.54 Å². The summed E-state index contributed by atoms with van der Waals surface area (Å²) in [5.74, 6) is 0.0398. The molecule has 86 valence electrons. The Hall–Kier alpha value is -1.59. The van der Waals surface area contributed by atoms with Crippen molar-refractivity contribution < 1.29 is 10.0 Å². The molecule has 1 saturated heterocycles. The van der Waals surface area contributed by atoms with Crippen molar-refractivity contribution in [2.75, 3.05) is 24.5 Å². The molecule has 0 aromatic heterocycles. The van der Waals surface area contributed by atoms with Gasteiger partial charge in [-0.05, 0) is 11.6 Å². The van der Waals surface area contributed by atoms with Gasteiger partial charge in [-0.15, -0.1) is 0 Å². The highest BCUT2D eigenvalue weighted by Gasteiger charge is 2.18. The highest BCUT2D eigenvalue weighted by molar-refractivity contribution is 5.82. The van der Waals surface area contributed by atoms with Crippen LogP contribution in [0.15, 0.2) is 24.3 Å². The zero-order valence-corrected chi connectivity index (χ0v) is 8.94. The molecule has 0 bridgehead atoms. The molecule has 0 spiro atoms. The van der Waals surface area contributed by atoms with Crippen LogP contribution in [0.5, 0.6) is 0 Å². The minimum absolute atomic E-state index is 0.0398. The van der Waals surface area contributed by atoms with Crippen LogP contribution in [0, 0.1) is 0 Å². The van der Waals surface area contributed by atoms with E-state index < -0.39 is 0 Å². The highest BCUT2D eigenvalue weighted by atomic mass is 16.5. The van der Waals surface area contributed by atoms with Crippen LogP contribution in [0.3, 0.4) is 0 Å². The van der Waals surface area contributed by atoms with Crippen LogP contribution in [0.1, 0.15) is 5.56 Å². The predicted molar refractivity (Wildman–Crippen MR) is 60.3 cm³/mol. The topological polar surface area (TPSA) is 64.6 Å². The number of carbonyl (C=O) groups excluding carboxylic acids is 1. The Morgan fingerprint density at radius 3 is 3.00 bits per heavy atom. The summed E-state index contributed by atoms with van der Waals surface area (Å²) in [7, 11) is 0. The van der Waals surface area contributed by atoms with Crippen LogP contribution >= 0.6 is 0 Å². The van der Waals surface area contributed by atoms with Gasteiger partial charge in [0.25, 0.3) is 0 Å². The van der Waals surface area contributed by atoms with Gasteiger partial charge in [-0.3, -0.25) is 4.79 Å². The predicted octanol–water partition coefficient (Wildman–Crippen LogP) is 0.102. The molecule has 5 heteroatoms. The molecule has 1 aliphatic heterocycles. The van der Waals surface area contributed by atoms with Gasteiger partial charge in [0.15, 0.2) is 0 Å². The van der Waals surface area contributed by atoms with Crippen molar-refractivity contribution in [1.29, 1.82) is 0 Å². The summed E-state index contributed by atoms with van der Waals surface area (Å²) in [4.78, 5) is 13.3. The number of piperazine rings is 1. The zero-order chi connectivity index (χ0) is 11.4. The maximum atomic E-state index is 11.3. The molecule has 0 radical (unpaired) electrons. The Kier molecular flexibility index (Phi) is 3.38. The van der Waals surface area contributed by atoms with E-state index in [1.54, 1.807) is 0 Å². The number of amides is 1. The van der Waals surface area contributed by atoms with Crippen LogP contribution in [0.2, 0.25) is 0 Å². The lowest BCUT2D eigenvalue weighted by molar-refractivity contribution is -0.120. The first-order valence-corrected chi connectivity index (χ1v) is 5.28. The quantitative estimate of drug-likeness (QED) is 0.633. The van der Waals surface area contributed by atoms with Gasteiger partial charge >= 0.3 is 0 Å². The van der Waals surface area contributed by atoms with E-state index in [4.69, 9.17) is 5.21 Å². The van der Waals surface area contributed by atoms with Crippen molar-refractivity contribution in [2.45, 2.75) is 6.54 Å². The van der Waals surface area contributed by atoms with E-state index in [1.165, 1.54) is 0 Å². The summed E-state index contributed by atoms with van der Waals surface area (Å²) in [6.45, 7) is 2.23. The van der Waals surface area contributed by atoms with Gasteiger partial charge < -0.3 is 15.4 Å². The van der Waals surface area contributed by atoms with Gasteiger partial charge in [0.2, 0.25) is 5.91 Å². The largest absolute Gasteiger partial charge is 0.360 e. The van der Waals surface area contributed by atoms with E-state index in [-0.39, 0.29) is 5.91 Å². The Balaban J connectivity index is 2.21. The fraction of sp³-hybridized carbons (Fsp3) is 0.364. The third kappa shape index (κ3) is 2.32. The maximum absolute atomic E-state index is 11.3. The molecule has 0 saturated carbocycles. The lowest BCUT2D eigenvalue weighted by atomic mass is 10.1. The first kappa shape index (κ1) is 10.9. The van der Waals surface area contributed by atoms with Crippen molar-refractivity contribution in [3.05, 3.63) is 29.8 Å². The van der Waals surface area contributed by atoms with E-state index in [0.717, 1.165) is 17.8 Å². The molecule has 5 nitrogen and oxygen atoms in total. The third-order valence-corrected chi connectivity index (χ3v) is 2.64. The number of rotatable bonds is 3. The number of hydrogen-bond donors (Lipinski definition) is 3. The number of nitrogens with one attached hydrogen (secondary N) is 2. The number of anilines is 1.